The van der Waals surface area contributed by atoms with Gasteiger partial charge < -0.3 is 9.52 Å². The van der Waals surface area contributed by atoms with Crippen LogP contribution in [-0.2, 0) is 0 Å². The molecular weight excluding hydrogens is 348 g/mol. The van der Waals surface area contributed by atoms with Gasteiger partial charge in [0, 0.05) is 15.6 Å². The molecule has 0 aliphatic heterocycles. The smallest absolute Gasteiger partial charge is 0.335 e. The third kappa shape index (κ3) is 2.78. The average Bonchev–Trinajstić information content (AvgIpc) is 3.00. The van der Waals surface area contributed by atoms with Crippen molar-refractivity contribution in [2.24, 2.45) is 0 Å². The number of hydrogen-bond acceptors (Lipinski definition) is 4. The predicted octanol–water partition coefficient (Wildman–Crippen LogP) is 4.17. The van der Waals surface area contributed by atoms with E-state index in [9.17, 15) is 4.79 Å². The topological polar surface area (TPSA) is 76.2 Å². The number of nitrogens with zero attached hydrogens (tertiary/aromatic N) is 2. The molecule has 0 saturated heterocycles. The number of carboxylic acids is 1. The van der Waals surface area contributed by atoms with Crippen LogP contribution in [0.3, 0.4) is 0 Å². The summed E-state index contributed by atoms with van der Waals surface area (Å²) in [5, 5.41) is 17.0. The van der Waals surface area contributed by atoms with Gasteiger partial charge in [0.15, 0.2) is 0 Å². The van der Waals surface area contributed by atoms with E-state index in [-0.39, 0.29) is 11.5 Å². The summed E-state index contributed by atoms with van der Waals surface area (Å²) in [6, 6.07) is 12.1. The summed E-state index contributed by atoms with van der Waals surface area (Å²) in [6.45, 7) is 1.99. The average molecular weight is 359 g/mol. The van der Waals surface area contributed by atoms with Crippen molar-refractivity contribution in [1.82, 2.24) is 10.2 Å². The van der Waals surface area contributed by atoms with Crippen molar-refractivity contribution in [3.8, 4) is 22.9 Å². The van der Waals surface area contributed by atoms with E-state index in [0.717, 1.165) is 15.6 Å². The Kier molecular flexibility index (Phi) is 3.77. The van der Waals surface area contributed by atoms with Crippen LogP contribution in [0.25, 0.3) is 22.9 Å². The van der Waals surface area contributed by atoms with Gasteiger partial charge in [-0.2, -0.15) is 0 Å². The first kappa shape index (κ1) is 14.5. The van der Waals surface area contributed by atoms with Crippen LogP contribution in [0.5, 0.6) is 0 Å². The molecule has 0 aliphatic rings. The van der Waals surface area contributed by atoms with Crippen LogP contribution in [0.2, 0.25) is 0 Å². The van der Waals surface area contributed by atoms with E-state index in [1.54, 1.807) is 12.1 Å². The van der Waals surface area contributed by atoms with Crippen LogP contribution in [-0.4, -0.2) is 21.3 Å². The number of carbonyl (C=O) groups is 1. The van der Waals surface area contributed by atoms with Gasteiger partial charge in [0.2, 0.25) is 11.8 Å². The summed E-state index contributed by atoms with van der Waals surface area (Å²) >= 11 is 3.47. The molecule has 5 nitrogen and oxygen atoms in total. The summed E-state index contributed by atoms with van der Waals surface area (Å²) in [7, 11) is 0. The first-order chi connectivity index (χ1) is 10.5. The molecule has 3 aromatic rings. The number of carboxylic acid groups (broad SMARTS) is 1. The number of benzene rings is 2. The normalized spacial score (nSPS) is 10.6. The Labute approximate surface area is 134 Å². The van der Waals surface area contributed by atoms with Crippen molar-refractivity contribution in [3.05, 3.63) is 58.1 Å². The van der Waals surface area contributed by atoms with Crippen molar-refractivity contribution in [1.29, 1.82) is 0 Å². The third-order valence-electron chi connectivity index (χ3n) is 3.20. The molecule has 0 saturated carbocycles. The minimum absolute atomic E-state index is 0.176. The zero-order chi connectivity index (χ0) is 15.7. The highest BCUT2D eigenvalue weighted by Crippen LogP contribution is 2.27. The number of hydrogen-bond donors (Lipinski definition) is 1. The van der Waals surface area contributed by atoms with Crippen LogP contribution < -0.4 is 0 Å². The van der Waals surface area contributed by atoms with E-state index in [2.05, 4.69) is 26.1 Å². The van der Waals surface area contributed by atoms with Crippen molar-refractivity contribution >= 4 is 21.9 Å². The first-order valence-electron chi connectivity index (χ1n) is 6.48. The molecule has 1 N–H and O–H groups in total. The Morgan fingerprint density at radius 3 is 2.41 bits per heavy atom. The summed E-state index contributed by atoms with van der Waals surface area (Å²) in [5.41, 5.74) is 2.66. The maximum atomic E-state index is 11.0. The third-order valence-corrected chi connectivity index (χ3v) is 4.05. The summed E-state index contributed by atoms with van der Waals surface area (Å²) in [4.78, 5) is 11.0. The van der Waals surface area contributed by atoms with Gasteiger partial charge in [-0.1, -0.05) is 28.1 Å². The lowest BCUT2D eigenvalue weighted by Crippen LogP contribution is -1.95. The van der Waals surface area contributed by atoms with E-state index in [4.69, 9.17) is 9.52 Å². The molecule has 0 spiro atoms. The van der Waals surface area contributed by atoms with Crippen LogP contribution >= 0.6 is 15.9 Å². The number of aromatic carboxylic acids is 1. The zero-order valence-corrected chi connectivity index (χ0v) is 13.2. The Hall–Kier alpha value is -2.47. The Balaban J connectivity index is 1.98. The largest absolute Gasteiger partial charge is 0.478 e. The quantitative estimate of drug-likeness (QED) is 0.760. The van der Waals surface area contributed by atoms with Gasteiger partial charge in [-0.25, -0.2) is 4.79 Å². The second-order valence-electron chi connectivity index (χ2n) is 4.76. The summed E-state index contributed by atoms with van der Waals surface area (Å²) in [5.74, 6) is -0.324. The van der Waals surface area contributed by atoms with Crippen molar-refractivity contribution in [3.63, 3.8) is 0 Å². The highest BCUT2D eigenvalue weighted by molar-refractivity contribution is 9.10. The van der Waals surface area contributed by atoms with Gasteiger partial charge in [-0.05, 0) is 42.8 Å². The number of halogens is 1. The molecular formula is C16H11BrN2O3. The fraction of sp³-hybridized carbons (Fsp3) is 0.0625. The molecule has 1 heterocycles. The maximum absolute atomic E-state index is 11.0. The minimum atomic E-state index is -0.996. The second-order valence-corrected chi connectivity index (χ2v) is 5.62. The lowest BCUT2D eigenvalue weighted by atomic mass is 10.1. The van der Waals surface area contributed by atoms with E-state index in [1.165, 1.54) is 12.1 Å². The standard InChI is InChI=1S/C16H11BrN2O3/c1-9-5-6-11(8-13(9)17)15-19-18-14(22-15)10-3-2-4-12(7-10)16(20)21/h2-8H,1H3,(H,20,21). The molecule has 0 unspecified atom stereocenters. The Morgan fingerprint density at radius 1 is 1.09 bits per heavy atom. The molecule has 2 aromatic carbocycles. The van der Waals surface area contributed by atoms with E-state index < -0.39 is 5.97 Å². The molecule has 110 valence electrons. The van der Waals surface area contributed by atoms with Gasteiger partial charge in [0.05, 0.1) is 5.56 Å². The van der Waals surface area contributed by atoms with Crippen LogP contribution in [0.1, 0.15) is 15.9 Å². The monoisotopic (exact) mass is 358 g/mol. The molecule has 0 aliphatic carbocycles. The highest BCUT2D eigenvalue weighted by Gasteiger charge is 2.13. The summed E-state index contributed by atoms with van der Waals surface area (Å²) < 4.78 is 6.61. The molecule has 0 atom stereocenters. The van der Waals surface area contributed by atoms with Crippen LogP contribution in [0.4, 0.5) is 0 Å². The number of aromatic nitrogens is 2. The Bertz CT molecular complexity index is 858. The molecule has 0 fully saturated rings. The fourth-order valence-electron chi connectivity index (χ4n) is 1.97. The molecule has 0 amide bonds. The molecule has 22 heavy (non-hydrogen) atoms. The van der Waals surface area contributed by atoms with E-state index >= 15 is 0 Å². The van der Waals surface area contributed by atoms with Gasteiger partial charge in [-0.3, -0.25) is 0 Å². The molecule has 6 heteroatoms. The molecule has 1 aromatic heterocycles. The number of rotatable bonds is 3. The van der Waals surface area contributed by atoms with Crippen LogP contribution in [0.15, 0.2) is 51.4 Å². The van der Waals surface area contributed by atoms with E-state index in [1.807, 2.05) is 25.1 Å². The molecule has 3 rings (SSSR count). The van der Waals surface area contributed by atoms with Gasteiger partial charge >= 0.3 is 5.97 Å². The van der Waals surface area contributed by atoms with Crippen molar-refractivity contribution in [2.45, 2.75) is 6.92 Å². The predicted molar refractivity (Wildman–Crippen MR) is 84.6 cm³/mol. The van der Waals surface area contributed by atoms with Gasteiger partial charge in [0.1, 0.15) is 0 Å². The maximum Gasteiger partial charge on any atom is 0.335 e. The number of aryl methyl sites for hydroxylation is 1. The highest BCUT2D eigenvalue weighted by atomic mass is 79.9. The minimum Gasteiger partial charge on any atom is -0.478 e. The van der Waals surface area contributed by atoms with Crippen molar-refractivity contribution < 1.29 is 14.3 Å². The zero-order valence-electron chi connectivity index (χ0n) is 11.6. The summed E-state index contributed by atoms with van der Waals surface area (Å²) in [6.07, 6.45) is 0. The lowest BCUT2D eigenvalue weighted by Gasteiger charge is -2.00. The van der Waals surface area contributed by atoms with Gasteiger partial charge in [0.25, 0.3) is 0 Å². The SMILES string of the molecule is Cc1ccc(-c2nnc(-c3cccc(C(=O)O)c3)o2)cc1Br. The van der Waals surface area contributed by atoms with Crippen LogP contribution in [0, 0.1) is 6.92 Å². The van der Waals surface area contributed by atoms with Gasteiger partial charge in [-0.15, -0.1) is 10.2 Å². The molecule has 0 bridgehead atoms. The lowest BCUT2D eigenvalue weighted by molar-refractivity contribution is 0.0697. The van der Waals surface area contributed by atoms with E-state index in [0.29, 0.717) is 11.5 Å². The van der Waals surface area contributed by atoms with Crippen molar-refractivity contribution in [2.75, 3.05) is 0 Å². The second kappa shape index (κ2) is 5.73. The fourth-order valence-corrected chi connectivity index (χ4v) is 2.35. The molecule has 0 radical (unpaired) electrons. The Morgan fingerprint density at radius 2 is 1.77 bits per heavy atom. The first-order valence-corrected chi connectivity index (χ1v) is 7.27.